The summed E-state index contributed by atoms with van der Waals surface area (Å²) in [6.07, 6.45) is 1.84. The molecule has 1 fully saturated rings. The van der Waals surface area contributed by atoms with Crippen molar-refractivity contribution in [3.05, 3.63) is 35.6 Å². The normalized spacial score (nSPS) is 17.3. The third kappa shape index (κ3) is 3.79. The average molecular weight is 289 g/mol. The molecule has 1 heterocycles. The van der Waals surface area contributed by atoms with Gasteiger partial charge in [-0.3, -0.25) is 9.69 Å². The van der Waals surface area contributed by atoms with Crippen molar-refractivity contribution in [1.29, 1.82) is 5.26 Å². The molecule has 1 aromatic carbocycles. The van der Waals surface area contributed by atoms with E-state index in [4.69, 9.17) is 0 Å². The molecule has 0 aliphatic carbocycles. The van der Waals surface area contributed by atoms with Gasteiger partial charge >= 0.3 is 0 Å². The number of piperazine rings is 1. The van der Waals surface area contributed by atoms with Gasteiger partial charge in [-0.25, -0.2) is 4.39 Å². The fourth-order valence-electron chi connectivity index (χ4n) is 2.61. The first-order valence-electron chi connectivity index (χ1n) is 7.34. The lowest BCUT2D eigenvalue weighted by molar-refractivity contribution is 0.0601. The van der Waals surface area contributed by atoms with Crippen LogP contribution in [0.3, 0.4) is 0 Å². The molecule has 4 nitrogen and oxygen atoms in total. The van der Waals surface area contributed by atoms with E-state index in [9.17, 15) is 14.4 Å². The first-order chi connectivity index (χ1) is 10.2. The van der Waals surface area contributed by atoms with Crippen LogP contribution in [0, 0.1) is 17.1 Å². The molecule has 112 valence electrons. The maximum Gasteiger partial charge on any atom is 0.253 e. The Kier molecular flexibility index (Phi) is 5.29. The Morgan fingerprint density at radius 1 is 1.29 bits per heavy atom. The summed E-state index contributed by atoms with van der Waals surface area (Å²) in [6.45, 7) is 4.71. The highest BCUT2D eigenvalue weighted by atomic mass is 19.1. The number of halogens is 1. The number of carbonyl (C=O) groups excluding carboxylic acids is 1. The fraction of sp³-hybridized carbons (Fsp3) is 0.500. The van der Waals surface area contributed by atoms with Crippen molar-refractivity contribution in [3.63, 3.8) is 0 Å². The van der Waals surface area contributed by atoms with Crippen LogP contribution in [0.25, 0.3) is 0 Å². The molecule has 1 unspecified atom stereocenters. The minimum Gasteiger partial charge on any atom is -0.336 e. The lowest BCUT2D eigenvalue weighted by Crippen LogP contribution is -2.51. The average Bonchev–Trinajstić information content (AvgIpc) is 2.53. The second-order valence-corrected chi connectivity index (χ2v) is 5.27. The van der Waals surface area contributed by atoms with Gasteiger partial charge in [0.15, 0.2) is 0 Å². The van der Waals surface area contributed by atoms with Gasteiger partial charge in [0.05, 0.1) is 12.1 Å². The molecule has 1 saturated heterocycles. The molecule has 0 aromatic heterocycles. The highest BCUT2D eigenvalue weighted by molar-refractivity contribution is 5.94. The number of nitrogens with zero attached hydrogens (tertiary/aromatic N) is 3. The van der Waals surface area contributed by atoms with Gasteiger partial charge in [-0.05, 0) is 30.7 Å². The molecular formula is C16H20FN3O. The first kappa shape index (κ1) is 15.5. The number of carbonyl (C=O) groups is 1. The molecule has 0 saturated carbocycles. The zero-order valence-corrected chi connectivity index (χ0v) is 12.3. The van der Waals surface area contributed by atoms with Gasteiger partial charge < -0.3 is 4.90 Å². The zero-order valence-electron chi connectivity index (χ0n) is 12.3. The van der Waals surface area contributed by atoms with Gasteiger partial charge in [0, 0.05) is 31.7 Å². The summed E-state index contributed by atoms with van der Waals surface area (Å²) in [6, 6.07) is 7.91. The van der Waals surface area contributed by atoms with E-state index in [1.807, 2.05) is 0 Å². The monoisotopic (exact) mass is 289 g/mol. The summed E-state index contributed by atoms with van der Waals surface area (Å²) in [7, 11) is 0. The number of benzene rings is 1. The summed E-state index contributed by atoms with van der Waals surface area (Å²) >= 11 is 0. The SMILES string of the molecule is CCCC(C#N)N1CCN(C(=O)c2ccc(F)cc2)CC1. The predicted molar refractivity (Wildman–Crippen MR) is 78.2 cm³/mol. The summed E-state index contributed by atoms with van der Waals surface area (Å²) in [5.74, 6) is -0.411. The molecule has 0 spiro atoms. The summed E-state index contributed by atoms with van der Waals surface area (Å²) in [5, 5.41) is 9.18. The first-order valence-corrected chi connectivity index (χ1v) is 7.34. The van der Waals surface area contributed by atoms with Crippen LogP contribution in [-0.4, -0.2) is 47.9 Å². The number of hydrogen-bond acceptors (Lipinski definition) is 3. The van der Waals surface area contributed by atoms with Crippen molar-refractivity contribution in [1.82, 2.24) is 9.80 Å². The van der Waals surface area contributed by atoms with E-state index in [1.165, 1.54) is 24.3 Å². The highest BCUT2D eigenvalue weighted by Gasteiger charge is 2.26. The quantitative estimate of drug-likeness (QED) is 0.854. The Morgan fingerprint density at radius 2 is 1.90 bits per heavy atom. The van der Waals surface area contributed by atoms with Crippen molar-refractivity contribution in [3.8, 4) is 6.07 Å². The highest BCUT2D eigenvalue weighted by Crippen LogP contribution is 2.13. The van der Waals surface area contributed by atoms with Crippen LogP contribution in [0.15, 0.2) is 24.3 Å². The maximum atomic E-state index is 12.9. The van der Waals surface area contributed by atoms with E-state index in [0.717, 1.165) is 12.8 Å². The van der Waals surface area contributed by atoms with Gasteiger partial charge in [0.25, 0.3) is 5.91 Å². The van der Waals surface area contributed by atoms with Crippen molar-refractivity contribution in [2.24, 2.45) is 0 Å². The van der Waals surface area contributed by atoms with Gasteiger partial charge in [0.2, 0.25) is 0 Å². The summed E-state index contributed by atoms with van der Waals surface area (Å²) in [4.78, 5) is 16.2. The smallest absolute Gasteiger partial charge is 0.253 e. The van der Waals surface area contributed by atoms with Crippen LogP contribution in [0.2, 0.25) is 0 Å². The number of rotatable bonds is 4. The standard InChI is InChI=1S/C16H20FN3O/c1-2-3-15(12-18)19-8-10-20(11-9-19)16(21)13-4-6-14(17)7-5-13/h4-7,15H,2-3,8-11H2,1H3. The molecule has 5 heteroatoms. The second-order valence-electron chi connectivity index (χ2n) is 5.27. The summed E-state index contributed by atoms with van der Waals surface area (Å²) < 4.78 is 12.9. The number of amides is 1. The maximum absolute atomic E-state index is 12.9. The van der Waals surface area contributed by atoms with Crippen molar-refractivity contribution >= 4 is 5.91 Å². The van der Waals surface area contributed by atoms with Crippen molar-refractivity contribution in [2.45, 2.75) is 25.8 Å². The number of nitriles is 1. The Bertz CT molecular complexity index is 515. The molecule has 1 amide bonds. The second kappa shape index (κ2) is 7.19. The minimum atomic E-state index is -0.340. The van der Waals surface area contributed by atoms with E-state index in [-0.39, 0.29) is 17.8 Å². The topological polar surface area (TPSA) is 47.3 Å². The molecule has 0 bridgehead atoms. The van der Waals surface area contributed by atoms with E-state index in [0.29, 0.717) is 31.7 Å². The van der Waals surface area contributed by atoms with E-state index in [1.54, 1.807) is 4.90 Å². The van der Waals surface area contributed by atoms with Crippen LogP contribution in [0.1, 0.15) is 30.1 Å². The minimum absolute atomic E-state index is 0.0573. The molecule has 1 aliphatic heterocycles. The van der Waals surface area contributed by atoms with Crippen molar-refractivity contribution < 1.29 is 9.18 Å². The molecule has 2 rings (SSSR count). The predicted octanol–water partition coefficient (Wildman–Crippen LogP) is 2.28. The largest absolute Gasteiger partial charge is 0.336 e. The van der Waals surface area contributed by atoms with E-state index >= 15 is 0 Å². The van der Waals surface area contributed by atoms with Crippen LogP contribution in [0.5, 0.6) is 0 Å². The van der Waals surface area contributed by atoms with E-state index in [2.05, 4.69) is 17.9 Å². The van der Waals surface area contributed by atoms with Crippen LogP contribution in [0.4, 0.5) is 4.39 Å². The Labute approximate surface area is 124 Å². The summed E-state index contributed by atoms with van der Waals surface area (Å²) in [5.41, 5.74) is 0.509. The zero-order chi connectivity index (χ0) is 15.2. The van der Waals surface area contributed by atoms with Crippen molar-refractivity contribution in [2.75, 3.05) is 26.2 Å². The Morgan fingerprint density at radius 3 is 2.43 bits per heavy atom. The molecular weight excluding hydrogens is 269 g/mol. The molecule has 1 atom stereocenters. The van der Waals surface area contributed by atoms with Crippen LogP contribution in [-0.2, 0) is 0 Å². The molecule has 1 aliphatic rings. The third-order valence-corrected chi connectivity index (χ3v) is 3.84. The Hall–Kier alpha value is -1.93. The third-order valence-electron chi connectivity index (χ3n) is 3.84. The van der Waals surface area contributed by atoms with Crippen LogP contribution >= 0.6 is 0 Å². The van der Waals surface area contributed by atoms with Gasteiger partial charge in [-0.15, -0.1) is 0 Å². The lowest BCUT2D eigenvalue weighted by atomic mass is 10.1. The van der Waals surface area contributed by atoms with Gasteiger partial charge in [0.1, 0.15) is 5.82 Å². The van der Waals surface area contributed by atoms with Crippen LogP contribution < -0.4 is 0 Å². The molecule has 0 radical (unpaired) electrons. The molecule has 21 heavy (non-hydrogen) atoms. The Balaban J connectivity index is 1.93. The number of hydrogen-bond donors (Lipinski definition) is 0. The van der Waals surface area contributed by atoms with E-state index < -0.39 is 0 Å². The van der Waals surface area contributed by atoms with Gasteiger partial charge in [-0.2, -0.15) is 5.26 Å². The van der Waals surface area contributed by atoms with Gasteiger partial charge in [-0.1, -0.05) is 13.3 Å². The molecule has 0 N–H and O–H groups in total. The fourth-order valence-corrected chi connectivity index (χ4v) is 2.61. The lowest BCUT2D eigenvalue weighted by Gasteiger charge is -2.36. The molecule has 1 aromatic rings.